The van der Waals surface area contributed by atoms with Gasteiger partial charge in [-0.05, 0) is 51.2 Å². The number of aryl methyl sites for hydroxylation is 3. The Morgan fingerprint density at radius 2 is 1.79 bits per heavy atom. The molecule has 1 aliphatic heterocycles. The van der Waals surface area contributed by atoms with Crippen molar-refractivity contribution in [2.75, 3.05) is 42.6 Å². The van der Waals surface area contributed by atoms with Gasteiger partial charge in [-0.25, -0.2) is 9.78 Å². The number of fused-ring (bicyclic) bond motifs is 1. The molecule has 0 amide bonds. The Bertz CT molecular complexity index is 907. The van der Waals surface area contributed by atoms with Crippen LogP contribution < -0.4 is 14.5 Å². The summed E-state index contributed by atoms with van der Waals surface area (Å²) in [5.41, 5.74) is 5.86. The smallest absolute Gasteiger partial charge is 0.341 e. The average molecular weight is 396 g/mol. The Hall–Kier alpha value is -2.83. The number of carboxylic acid groups (broad SMARTS) is 1. The highest BCUT2D eigenvalue weighted by molar-refractivity contribution is 5.68. The maximum atomic E-state index is 11.0. The highest BCUT2D eigenvalue weighted by Crippen LogP contribution is 2.30. The molecule has 0 atom stereocenters. The number of piperazine rings is 1. The van der Waals surface area contributed by atoms with Gasteiger partial charge in [0.2, 0.25) is 11.8 Å². The van der Waals surface area contributed by atoms with E-state index in [0.29, 0.717) is 11.8 Å². The number of anilines is 2. The van der Waals surface area contributed by atoms with E-state index in [2.05, 4.69) is 46.8 Å². The van der Waals surface area contributed by atoms with Crippen molar-refractivity contribution in [3.63, 3.8) is 0 Å². The molecule has 4 rings (SSSR count). The molecule has 2 aromatic rings. The van der Waals surface area contributed by atoms with Gasteiger partial charge in [-0.1, -0.05) is 17.7 Å². The third-order valence-electron chi connectivity index (χ3n) is 5.72. The average Bonchev–Trinajstić information content (AvgIpc) is 2.72. The molecule has 0 spiro atoms. The lowest BCUT2D eigenvalue weighted by Gasteiger charge is -2.37. The summed E-state index contributed by atoms with van der Waals surface area (Å²) in [7, 11) is 0. The van der Waals surface area contributed by atoms with Crippen molar-refractivity contribution in [3.8, 4) is 5.88 Å². The predicted octanol–water partition coefficient (Wildman–Crippen LogP) is 2.76. The highest BCUT2D eigenvalue weighted by atomic mass is 16.5. The van der Waals surface area contributed by atoms with Gasteiger partial charge in [0.15, 0.2) is 6.61 Å². The topological polar surface area (TPSA) is 78.8 Å². The van der Waals surface area contributed by atoms with Gasteiger partial charge in [-0.2, -0.15) is 4.98 Å². The number of hydrogen-bond acceptors (Lipinski definition) is 6. The summed E-state index contributed by atoms with van der Waals surface area (Å²) in [6, 6.07) is 6.58. The minimum absolute atomic E-state index is 0.372. The summed E-state index contributed by atoms with van der Waals surface area (Å²) in [5, 5.41) is 8.99. The third-order valence-corrected chi connectivity index (χ3v) is 5.72. The summed E-state index contributed by atoms with van der Waals surface area (Å²) < 4.78 is 5.53. The Morgan fingerprint density at radius 3 is 2.52 bits per heavy atom. The monoisotopic (exact) mass is 396 g/mol. The minimum atomic E-state index is -0.989. The molecule has 2 aliphatic rings. The molecule has 2 heterocycles. The molecule has 7 nitrogen and oxygen atoms in total. The van der Waals surface area contributed by atoms with Crippen LogP contribution >= 0.6 is 0 Å². The normalized spacial score (nSPS) is 16.5. The summed E-state index contributed by atoms with van der Waals surface area (Å²) in [6.07, 6.45) is 3.91. The number of benzene rings is 1. The first kappa shape index (κ1) is 19.5. The van der Waals surface area contributed by atoms with Crippen molar-refractivity contribution >= 4 is 17.6 Å². The third kappa shape index (κ3) is 4.28. The molecule has 1 fully saturated rings. The molecule has 1 aromatic carbocycles. The zero-order valence-electron chi connectivity index (χ0n) is 17.1. The van der Waals surface area contributed by atoms with Gasteiger partial charge in [-0.3, -0.25) is 0 Å². The van der Waals surface area contributed by atoms with Crippen molar-refractivity contribution in [2.24, 2.45) is 0 Å². The number of carboxylic acids is 1. The van der Waals surface area contributed by atoms with Gasteiger partial charge >= 0.3 is 5.97 Å². The molecule has 0 unspecified atom stereocenters. The molecule has 1 aliphatic carbocycles. The second kappa shape index (κ2) is 8.27. The van der Waals surface area contributed by atoms with Gasteiger partial charge in [-0.15, -0.1) is 0 Å². The summed E-state index contributed by atoms with van der Waals surface area (Å²) >= 11 is 0. The fourth-order valence-electron chi connectivity index (χ4n) is 4.25. The number of rotatable bonds is 5. The van der Waals surface area contributed by atoms with E-state index < -0.39 is 5.97 Å². The first-order valence-electron chi connectivity index (χ1n) is 10.3. The fourth-order valence-corrected chi connectivity index (χ4v) is 4.25. The van der Waals surface area contributed by atoms with Crippen LogP contribution in [0.4, 0.5) is 11.6 Å². The van der Waals surface area contributed by atoms with Gasteiger partial charge < -0.3 is 19.6 Å². The lowest BCUT2D eigenvalue weighted by molar-refractivity contribution is -0.139. The maximum Gasteiger partial charge on any atom is 0.341 e. The van der Waals surface area contributed by atoms with Crippen molar-refractivity contribution in [1.29, 1.82) is 0 Å². The van der Waals surface area contributed by atoms with E-state index in [4.69, 9.17) is 14.8 Å². The Kier molecular flexibility index (Phi) is 5.56. The lowest BCUT2D eigenvalue weighted by Crippen LogP contribution is -2.47. The van der Waals surface area contributed by atoms with Crippen molar-refractivity contribution in [3.05, 3.63) is 40.6 Å². The number of nitrogens with zero attached hydrogens (tertiary/aromatic N) is 4. The van der Waals surface area contributed by atoms with Crippen LogP contribution in [0, 0.1) is 13.8 Å². The van der Waals surface area contributed by atoms with E-state index >= 15 is 0 Å². The SMILES string of the molecule is Cc1ccc(N2CCN(c3nc4c(c(OCC(=O)O)n3)CCCC4)CC2)c(C)c1. The number of hydrogen-bond donors (Lipinski definition) is 1. The first-order valence-corrected chi connectivity index (χ1v) is 10.3. The minimum Gasteiger partial charge on any atom is -0.479 e. The second-order valence-electron chi connectivity index (χ2n) is 7.91. The maximum absolute atomic E-state index is 11.0. The van der Waals surface area contributed by atoms with Crippen LogP contribution in [0.2, 0.25) is 0 Å². The molecule has 1 aromatic heterocycles. The van der Waals surface area contributed by atoms with Crippen molar-refractivity contribution in [2.45, 2.75) is 39.5 Å². The molecule has 7 heteroatoms. The highest BCUT2D eigenvalue weighted by Gasteiger charge is 2.25. The molecule has 154 valence electrons. The number of aromatic nitrogens is 2. The van der Waals surface area contributed by atoms with E-state index in [1.807, 2.05) is 0 Å². The molecule has 0 bridgehead atoms. The Labute approximate surface area is 171 Å². The molecule has 1 N–H and O–H groups in total. The van der Waals surface area contributed by atoms with E-state index in [0.717, 1.165) is 63.1 Å². The zero-order valence-corrected chi connectivity index (χ0v) is 17.1. The summed E-state index contributed by atoms with van der Waals surface area (Å²) in [5.74, 6) is 0.118. The van der Waals surface area contributed by atoms with Crippen LogP contribution in [-0.2, 0) is 17.6 Å². The van der Waals surface area contributed by atoms with Crippen LogP contribution in [0.3, 0.4) is 0 Å². The quantitative estimate of drug-likeness (QED) is 0.832. The predicted molar refractivity (Wildman–Crippen MR) is 112 cm³/mol. The molecule has 1 saturated heterocycles. The summed E-state index contributed by atoms with van der Waals surface area (Å²) in [4.78, 5) is 25.0. The zero-order chi connectivity index (χ0) is 20.4. The summed E-state index contributed by atoms with van der Waals surface area (Å²) in [6.45, 7) is 7.35. The van der Waals surface area contributed by atoms with E-state index in [1.165, 1.54) is 16.8 Å². The standard InChI is InChI=1S/C22H28N4O3/c1-15-7-8-19(16(2)13-15)25-9-11-26(12-10-25)22-23-18-6-4-3-5-17(18)21(24-22)29-14-20(27)28/h7-8,13H,3-6,9-12,14H2,1-2H3,(H,27,28). The van der Waals surface area contributed by atoms with E-state index in [1.54, 1.807) is 0 Å². The van der Waals surface area contributed by atoms with E-state index in [9.17, 15) is 4.79 Å². The van der Waals surface area contributed by atoms with Gasteiger partial charge in [0.25, 0.3) is 0 Å². The molecule has 0 radical (unpaired) electrons. The Morgan fingerprint density at radius 1 is 1.07 bits per heavy atom. The van der Waals surface area contributed by atoms with Crippen molar-refractivity contribution in [1.82, 2.24) is 9.97 Å². The van der Waals surface area contributed by atoms with E-state index in [-0.39, 0.29) is 6.61 Å². The Balaban J connectivity index is 1.51. The molecular weight excluding hydrogens is 368 g/mol. The molecule has 29 heavy (non-hydrogen) atoms. The fraction of sp³-hybridized carbons (Fsp3) is 0.500. The number of aliphatic carboxylic acids is 1. The van der Waals surface area contributed by atoms with Crippen LogP contribution in [0.1, 0.15) is 35.2 Å². The molecule has 0 saturated carbocycles. The second-order valence-corrected chi connectivity index (χ2v) is 7.91. The number of ether oxygens (including phenoxy) is 1. The van der Waals surface area contributed by atoms with Gasteiger partial charge in [0.1, 0.15) is 0 Å². The van der Waals surface area contributed by atoms with Crippen molar-refractivity contribution < 1.29 is 14.6 Å². The van der Waals surface area contributed by atoms with Crippen LogP contribution in [0.5, 0.6) is 5.88 Å². The molecular formula is C22H28N4O3. The van der Waals surface area contributed by atoms with Gasteiger partial charge in [0.05, 0.1) is 5.69 Å². The number of carbonyl (C=O) groups is 1. The lowest BCUT2D eigenvalue weighted by atomic mass is 9.97. The largest absolute Gasteiger partial charge is 0.479 e. The van der Waals surface area contributed by atoms with Crippen LogP contribution in [0.25, 0.3) is 0 Å². The first-order chi connectivity index (χ1) is 14.0. The van der Waals surface area contributed by atoms with Crippen LogP contribution in [0.15, 0.2) is 18.2 Å². The van der Waals surface area contributed by atoms with Crippen LogP contribution in [-0.4, -0.2) is 53.8 Å². The van der Waals surface area contributed by atoms with Gasteiger partial charge in [0, 0.05) is 37.4 Å².